The Kier molecular flexibility index (Phi) is 7.43. The van der Waals surface area contributed by atoms with E-state index in [4.69, 9.17) is 15.0 Å². The van der Waals surface area contributed by atoms with Crippen molar-refractivity contribution >= 4 is 54.6 Å². The normalized spacial score (nSPS) is 11.7. The van der Waals surface area contributed by atoms with Crippen LogP contribution in [0.25, 0.3) is 106 Å². The number of rotatable bonds is 6. The molecule has 4 heterocycles. The Labute approximate surface area is 339 Å². The Morgan fingerprint density at radius 2 is 0.712 bits per heavy atom. The monoisotopic (exact) mass is 754 g/mol. The van der Waals surface area contributed by atoms with Gasteiger partial charge in [-0.1, -0.05) is 133 Å². The molecule has 0 bridgehead atoms. The number of aromatic nitrogens is 6. The van der Waals surface area contributed by atoms with E-state index in [1.807, 2.05) is 36.4 Å². The third kappa shape index (κ3) is 5.17. The SMILES string of the molecule is c1ccc(-c2nc(-c3ccccc3)nc(-c3ccc4c(c3)c3c(ccc5c6c(c7ccccc7n6-c6ccccc6)n(-c6ccccc6)c53)n4-c3ccccc3)n2)cc1. The maximum absolute atomic E-state index is 5.15. The number of benzene rings is 8. The van der Waals surface area contributed by atoms with Gasteiger partial charge in [-0.25, -0.2) is 15.0 Å². The molecule has 276 valence electrons. The summed E-state index contributed by atoms with van der Waals surface area (Å²) in [4.78, 5) is 15.3. The minimum absolute atomic E-state index is 0.623. The first kappa shape index (κ1) is 33.1. The molecule has 59 heavy (non-hydrogen) atoms. The standard InChI is InChI=1S/C53H34N6/c1-6-18-35(19-7-1)51-54-52(36-20-8-2-9-21-36)56-53(55-51)37-30-32-45-43(34-37)47-46(57(45)38-22-10-3-11-23-38)33-31-42-48(47)59(40-26-14-5-15-27-40)49-41-28-16-17-29-44(41)58(50(42)49)39-24-12-4-13-25-39/h1-34H. The van der Waals surface area contributed by atoms with Crippen molar-refractivity contribution in [2.75, 3.05) is 0 Å². The Balaban J connectivity index is 1.24. The lowest BCUT2D eigenvalue weighted by Gasteiger charge is -2.11. The molecule has 0 radical (unpaired) electrons. The van der Waals surface area contributed by atoms with E-state index in [2.05, 4.69) is 184 Å². The molecule has 0 aliphatic rings. The fourth-order valence-electron chi connectivity index (χ4n) is 8.94. The zero-order valence-electron chi connectivity index (χ0n) is 31.8. The predicted octanol–water partition coefficient (Wildman–Crippen LogP) is 13.0. The lowest BCUT2D eigenvalue weighted by molar-refractivity contribution is 1.07. The van der Waals surface area contributed by atoms with Gasteiger partial charge >= 0.3 is 0 Å². The van der Waals surface area contributed by atoms with Gasteiger partial charge < -0.3 is 13.7 Å². The van der Waals surface area contributed by atoms with Gasteiger partial charge in [0, 0.05) is 55.3 Å². The van der Waals surface area contributed by atoms with Gasteiger partial charge in [-0.3, -0.25) is 0 Å². The second-order valence-electron chi connectivity index (χ2n) is 14.9. The highest BCUT2D eigenvalue weighted by Crippen LogP contribution is 2.46. The Bertz CT molecular complexity index is 3460. The van der Waals surface area contributed by atoms with Gasteiger partial charge in [0.2, 0.25) is 0 Å². The molecule has 0 spiro atoms. The smallest absolute Gasteiger partial charge is 0.164 e. The van der Waals surface area contributed by atoms with E-state index in [9.17, 15) is 0 Å². The molecule has 0 amide bonds. The van der Waals surface area contributed by atoms with E-state index in [0.717, 1.165) is 61.1 Å². The molecule has 0 aliphatic carbocycles. The lowest BCUT2D eigenvalue weighted by atomic mass is 10.1. The molecule has 0 aliphatic heterocycles. The van der Waals surface area contributed by atoms with Crippen LogP contribution in [0.2, 0.25) is 0 Å². The van der Waals surface area contributed by atoms with E-state index in [1.54, 1.807) is 0 Å². The minimum Gasteiger partial charge on any atom is -0.309 e. The van der Waals surface area contributed by atoms with E-state index >= 15 is 0 Å². The van der Waals surface area contributed by atoms with Crippen LogP contribution in [0.1, 0.15) is 0 Å². The quantitative estimate of drug-likeness (QED) is 0.170. The molecule has 0 fully saturated rings. The summed E-state index contributed by atoms with van der Waals surface area (Å²) in [6.45, 7) is 0. The zero-order valence-corrected chi connectivity index (χ0v) is 31.8. The van der Waals surface area contributed by atoms with Crippen molar-refractivity contribution in [3.8, 4) is 51.2 Å². The Hall–Kier alpha value is -8.09. The van der Waals surface area contributed by atoms with Gasteiger partial charge in [0.25, 0.3) is 0 Å². The summed E-state index contributed by atoms with van der Waals surface area (Å²) in [7, 11) is 0. The molecule has 0 saturated carbocycles. The Morgan fingerprint density at radius 3 is 1.31 bits per heavy atom. The van der Waals surface area contributed by atoms with Gasteiger partial charge in [-0.05, 0) is 72.8 Å². The van der Waals surface area contributed by atoms with Crippen LogP contribution >= 0.6 is 0 Å². The van der Waals surface area contributed by atoms with Crippen molar-refractivity contribution in [3.63, 3.8) is 0 Å². The largest absolute Gasteiger partial charge is 0.309 e. The van der Waals surface area contributed by atoms with Gasteiger partial charge in [0.1, 0.15) is 0 Å². The van der Waals surface area contributed by atoms with Crippen molar-refractivity contribution in [1.29, 1.82) is 0 Å². The van der Waals surface area contributed by atoms with E-state index < -0.39 is 0 Å². The van der Waals surface area contributed by atoms with Crippen molar-refractivity contribution in [3.05, 3.63) is 206 Å². The summed E-state index contributed by atoms with van der Waals surface area (Å²) in [5, 5.41) is 4.64. The second-order valence-corrected chi connectivity index (χ2v) is 14.9. The number of fused-ring (bicyclic) bond motifs is 9. The maximum atomic E-state index is 5.15. The lowest BCUT2D eigenvalue weighted by Crippen LogP contribution is -2.00. The van der Waals surface area contributed by atoms with E-state index in [0.29, 0.717) is 17.5 Å². The molecule has 6 nitrogen and oxygen atoms in total. The summed E-state index contributed by atoms with van der Waals surface area (Å²) in [6, 6.07) is 72.5. The topological polar surface area (TPSA) is 53.5 Å². The highest BCUT2D eigenvalue weighted by molar-refractivity contribution is 6.29. The maximum Gasteiger partial charge on any atom is 0.164 e. The van der Waals surface area contributed by atoms with Crippen molar-refractivity contribution in [1.82, 2.24) is 28.7 Å². The third-order valence-electron chi connectivity index (χ3n) is 11.5. The van der Waals surface area contributed by atoms with Crippen LogP contribution < -0.4 is 0 Å². The summed E-state index contributed by atoms with van der Waals surface area (Å²) in [6.07, 6.45) is 0. The Morgan fingerprint density at radius 1 is 0.271 bits per heavy atom. The van der Waals surface area contributed by atoms with Crippen molar-refractivity contribution < 1.29 is 0 Å². The molecule has 12 rings (SSSR count). The van der Waals surface area contributed by atoms with Crippen LogP contribution in [-0.4, -0.2) is 28.7 Å². The molecule has 0 saturated heterocycles. The summed E-state index contributed by atoms with van der Waals surface area (Å²) >= 11 is 0. The summed E-state index contributed by atoms with van der Waals surface area (Å²) in [5.41, 5.74) is 13.0. The van der Waals surface area contributed by atoms with Crippen LogP contribution in [0.4, 0.5) is 0 Å². The average Bonchev–Trinajstić information content (AvgIpc) is 3.95. The third-order valence-corrected chi connectivity index (χ3v) is 11.5. The molecule has 8 aromatic carbocycles. The molecular formula is C53H34N6. The van der Waals surface area contributed by atoms with Gasteiger partial charge in [-0.15, -0.1) is 0 Å². The summed E-state index contributed by atoms with van der Waals surface area (Å²) < 4.78 is 7.31. The molecule has 6 heteroatoms. The predicted molar refractivity (Wildman–Crippen MR) is 242 cm³/mol. The van der Waals surface area contributed by atoms with Crippen LogP contribution in [0.15, 0.2) is 206 Å². The number of hydrogen-bond acceptors (Lipinski definition) is 3. The fourth-order valence-corrected chi connectivity index (χ4v) is 8.94. The number of para-hydroxylation sites is 4. The van der Waals surface area contributed by atoms with E-state index in [-0.39, 0.29) is 0 Å². The number of nitrogens with zero attached hydrogens (tertiary/aromatic N) is 6. The number of hydrogen-bond donors (Lipinski definition) is 0. The van der Waals surface area contributed by atoms with Crippen LogP contribution in [-0.2, 0) is 0 Å². The van der Waals surface area contributed by atoms with Gasteiger partial charge in [0.05, 0.1) is 33.1 Å². The molecule has 4 aromatic heterocycles. The first-order valence-corrected chi connectivity index (χ1v) is 19.9. The second kappa shape index (κ2) is 13.3. The van der Waals surface area contributed by atoms with Crippen LogP contribution in [0.5, 0.6) is 0 Å². The average molecular weight is 755 g/mol. The molecule has 0 unspecified atom stereocenters. The molecule has 0 N–H and O–H groups in total. The first-order valence-electron chi connectivity index (χ1n) is 19.9. The molecule has 12 aromatic rings. The molecule has 0 atom stereocenters. The van der Waals surface area contributed by atoms with Gasteiger partial charge in [-0.2, -0.15) is 0 Å². The summed E-state index contributed by atoms with van der Waals surface area (Å²) in [5.74, 6) is 1.90. The minimum atomic E-state index is 0.623. The van der Waals surface area contributed by atoms with Crippen molar-refractivity contribution in [2.45, 2.75) is 0 Å². The fraction of sp³-hybridized carbons (Fsp3) is 0. The van der Waals surface area contributed by atoms with E-state index in [1.165, 1.54) is 27.3 Å². The highest BCUT2D eigenvalue weighted by atomic mass is 15.1. The molecular weight excluding hydrogens is 721 g/mol. The highest BCUT2D eigenvalue weighted by Gasteiger charge is 2.26. The van der Waals surface area contributed by atoms with Gasteiger partial charge in [0.15, 0.2) is 17.5 Å². The van der Waals surface area contributed by atoms with Crippen LogP contribution in [0, 0.1) is 0 Å². The van der Waals surface area contributed by atoms with Crippen molar-refractivity contribution in [2.24, 2.45) is 0 Å². The zero-order chi connectivity index (χ0) is 38.9. The van der Waals surface area contributed by atoms with Crippen LogP contribution in [0.3, 0.4) is 0 Å². The first-order chi connectivity index (χ1) is 29.3.